The highest BCUT2D eigenvalue weighted by atomic mass is 15.2. The second-order valence-electron chi connectivity index (χ2n) is 9.89. The van der Waals surface area contributed by atoms with Gasteiger partial charge in [-0.25, -0.2) is 4.98 Å². The van der Waals surface area contributed by atoms with Crippen molar-refractivity contribution >= 4 is 5.69 Å². The highest BCUT2D eigenvalue weighted by molar-refractivity contribution is 5.72. The minimum absolute atomic E-state index is 0.591. The Morgan fingerprint density at radius 3 is 2.61 bits per heavy atom. The van der Waals surface area contributed by atoms with Crippen LogP contribution in [0.2, 0.25) is 0 Å². The molecule has 162 valence electrons. The molecule has 0 atom stereocenters. The quantitative estimate of drug-likeness (QED) is 0.364. The fraction of sp³-hybridized carbons (Fsp3) is 0.286. The molecular weight excluding hydrogens is 406 g/mol. The molecule has 7 rings (SSSR count). The van der Waals surface area contributed by atoms with E-state index in [0.29, 0.717) is 11.0 Å². The summed E-state index contributed by atoms with van der Waals surface area (Å²) < 4.78 is 4.54. The van der Waals surface area contributed by atoms with Gasteiger partial charge >= 0.3 is 0 Å². The molecule has 3 aliphatic rings. The van der Waals surface area contributed by atoms with Gasteiger partial charge in [-0.05, 0) is 72.2 Å². The molecule has 5 nitrogen and oxygen atoms in total. The highest BCUT2D eigenvalue weighted by Crippen LogP contribution is 2.49. The van der Waals surface area contributed by atoms with Crippen LogP contribution < -0.4 is 4.90 Å². The largest absolute Gasteiger partial charge is 0.371 e. The van der Waals surface area contributed by atoms with Crippen molar-refractivity contribution < 1.29 is 0 Å². The van der Waals surface area contributed by atoms with Crippen molar-refractivity contribution in [2.24, 2.45) is 5.41 Å². The van der Waals surface area contributed by atoms with Gasteiger partial charge in [-0.2, -0.15) is 5.26 Å². The van der Waals surface area contributed by atoms with E-state index in [0.717, 1.165) is 29.2 Å². The molecule has 0 N–H and O–H groups in total. The molecule has 1 aliphatic carbocycles. The smallest absolute Gasteiger partial charge is 0.161 e. The van der Waals surface area contributed by atoms with Crippen molar-refractivity contribution in [3.63, 3.8) is 0 Å². The van der Waals surface area contributed by atoms with E-state index in [1.807, 2.05) is 30.5 Å². The van der Waals surface area contributed by atoms with E-state index in [4.69, 9.17) is 10.2 Å². The van der Waals surface area contributed by atoms with Gasteiger partial charge in [0.1, 0.15) is 0 Å². The molecule has 4 aromatic rings. The summed E-state index contributed by atoms with van der Waals surface area (Å²) in [5, 5.41) is 9.12. The SMILES string of the molecule is N#Cc1ccc(-c2cc3n(c2)Cc2cc(N4CCC5(CCC5)C4)ccc2-n2ccnc2-3)cc1. The molecule has 5 heteroatoms. The Morgan fingerprint density at radius 2 is 1.85 bits per heavy atom. The van der Waals surface area contributed by atoms with Crippen molar-refractivity contribution in [3.8, 4) is 34.4 Å². The number of hydrogen-bond donors (Lipinski definition) is 0. The third kappa shape index (κ3) is 2.87. The molecule has 33 heavy (non-hydrogen) atoms. The number of fused-ring (bicyclic) bond motifs is 5. The maximum absolute atomic E-state index is 9.12. The van der Waals surface area contributed by atoms with Gasteiger partial charge < -0.3 is 9.47 Å². The van der Waals surface area contributed by atoms with Gasteiger partial charge in [0.05, 0.1) is 23.0 Å². The number of nitriles is 1. The van der Waals surface area contributed by atoms with Crippen LogP contribution in [0.1, 0.15) is 36.8 Å². The Balaban J connectivity index is 1.29. The maximum Gasteiger partial charge on any atom is 0.161 e. The maximum atomic E-state index is 9.12. The van der Waals surface area contributed by atoms with Crippen LogP contribution in [0, 0.1) is 16.7 Å². The van der Waals surface area contributed by atoms with Gasteiger partial charge in [0.2, 0.25) is 0 Å². The second-order valence-corrected chi connectivity index (χ2v) is 9.89. The molecular formula is C28H25N5. The number of anilines is 1. The van der Waals surface area contributed by atoms with Crippen LogP contribution in [0.25, 0.3) is 28.3 Å². The van der Waals surface area contributed by atoms with E-state index in [-0.39, 0.29) is 0 Å². The average molecular weight is 432 g/mol. The molecule has 0 unspecified atom stereocenters. The van der Waals surface area contributed by atoms with E-state index >= 15 is 0 Å². The zero-order chi connectivity index (χ0) is 22.0. The lowest BCUT2D eigenvalue weighted by atomic mass is 9.68. The number of benzene rings is 2. The van der Waals surface area contributed by atoms with Crippen molar-refractivity contribution in [1.82, 2.24) is 14.1 Å². The molecule has 1 spiro atoms. The summed E-state index contributed by atoms with van der Waals surface area (Å²) in [6, 6.07) is 19.2. The molecule has 4 heterocycles. The lowest BCUT2D eigenvalue weighted by Gasteiger charge is -2.38. The summed E-state index contributed by atoms with van der Waals surface area (Å²) >= 11 is 0. The summed E-state index contributed by atoms with van der Waals surface area (Å²) in [6.45, 7) is 3.20. The Labute approximate surface area is 193 Å². The van der Waals surface area contributed by atoms with Gasteiger partial charge in [0.15, 0.2) is 5.82 Å². The Kier molecular flexibility index (Phi) is 3.90. The van der Waals surface area contributed by atoms with E-state index in [1.54, 1.807) is 0 Å². The summed E-state index contributed by atoms with van der Waals surface area (Å²) in [6.07, 6.45) is 11.7. The van der Waals surface area contributed by atoms with Crippen molar-refractivity contribution in [2.45, 2.75) is 32.2 Å². The molecule has 2 aromatic heterocycles. The Morgan fingerprint density at radius 1 is 0.970 bits per heavy atom. The standard InChI is InChI=1S/C28H25N5/c29-16-20-2-4-21(5-3-20)22-15-26-27-30-11-13-33(27)25-7-6-24(14-23(25)18-32(26)17-22)31-12-10-28(19-31)8-1-9-28/h2-7,11,13-15,17H,1,8-10,12,18-19H2. The number of rotatable bonds is 2. The van der Waals surface area contributed by atoms with Gasteiger partial charge in [-0.15, -0.1) is 0 Å². The normalized spacial score (nSPS) is 17.6. The predicted molar refractivity (Wildman–Crippen MR) is 129 cm³/mol. The van der Waals surface area contributed by atoms with E-state index < -0.39 is 0 Å². The summed E-state index contributed by atoms with van der Waals surface area (Å²) in [5.41, 5.74) is 8.54. The van der Waals surface area contributed by atoms with Crippen LogP contribution in [-0.2, 0) is 6.54 Å². The number of nitrogens with zero attached hydrogens (tertiary/aromatic N) is 5. The number of hydrogen-bond acceptors (Lipinski definition) is 3. The zero-order valence-electron chi connectivity index (χ0n) is 18.5. The first-order chi connectivity index (χ1) is 16.2. The van der Waals surface area contributed by atoms with Crippen LogP contribution in [0.15, 0.2) is 67.1 Å². The molecule has 0 radical (unpaired) electrons. The van der Waals surface area contributed by atoms with E-state index in [2.05, 4.69) is 56.8 Å². The molecule has 1 saturated heterocycles. The van der Waals surface area contributed by atoms with Gasteiger partial charge in [-0.1, -0.05) is 18.6 Å². The minimum Gasteiger partial charge on any atom is -0.371 e. The monoisotopic (exact) mass is 431 g/mol. The lowest BCUT2D eigenvalue weighted by Crippen LogP contribution is -2.33. The second kappa shape index (κ2) is 6.86. The number of aromatic nitrogens is 3. The average Bonchev–Trinajstić information content (AvgIpc) is 3.56. The highest BCUT2D eigenvalue weighted by Gasteiger charge is 2.42. The lowest BCUT2D eigenvalue weighted by molar-refractivity contribution is 0.165. The fourth-order valence-corrected chi connectivity index (χ4v) is 5.97. The first kappa shape index (κ1) is 18.8. The summed E-state index contributed by atoms with van der Waals surface area (Å²) in [5.74, 6) is 0.969. The Hall–Kier alpha value is -3.78. The van der Waals surface area contributed by atoms with Crippen molar-refractivity contribution in [2.75, 3.05) is 18.0 Å². The molecule has 2 fully saturated rings. The van der Waals surface area contributed by atoms with Gasteiger partial charge in [0.25, 0.3) is 0 Å². The third-order valence-electron chi connectivity index (χ3n) is 7.99. The van der Waals surface area contributed by atoms with Crippen LogP contribution in [0.5, 0.6) is 0 Å². The Bertz CT molecular complexity index is 1410. The third-order valence-corrected chi connectivity index (χ3v) is 7.99. The molecule has 0 amide bonds. The summed E-state index contributed by atoms with van der Waals surface area (Å²) in [4.78, 5) is 7.31. The van der Waals surface area contributed by atoms with Gasteiger partial charge in [0, 0.05) is 49.5 Å². The fourth-order valence-electron chi connectivity index (χ4n) is 5.97. The van der Waals surface area contributed by atoms with Crippen LogP contribution in [0.4, 0.5) is 5.69 Å². The molecule has 2 aromatic carbocycles. The van der Waals surface area contributed by atoms with Gasteiger partial charge in [-0.3, -0.25) is 4.57 Å². The predicted octanol–water partition coefficient (Wildman–Crippen LogP) is 5.62. The first-order valence-corrected chi connectivity index (χ1v) is 11.8. The van der Waals surface area contributed by atoms with Crippen LogP contribution in [0.3, 0.4) is 0 Å². The van der Waals surface area contributed by atoms with Crippen LogP contribution >= 0.6 is 0 Å². The molecule has 1 saturated carbocycles. The van der Waals surface area contributed by atoms with E-state index in [1.165, 1.54) is 55.7 Å². The molecule has 0 bridgehead atoms. The zero-order valence-corrected chi connectivity index (χ0v) is 18.5. The first-order valence-electron chi connectivity index (χ1n) is 11.8. The number of imidazole rings is 1. The van der Waals surface area contributed by atoms with Crippen molar-refractivity contribution in [3.05, 3.63) is 78.2 Å². The van der Waals surface area contributed by atoms with Crippen LogP contribution in [-0.4, -0.2) is 27.2 Å². The minimum atomic E-state index is 0.591. The van der Waals surface area contributed by atoms with E-state index in [9.17, 15) is 0 Å². The van der Waals surface area contributed by atoms with Crippen molar-refractivity contribution in [1.29, 1.82) is 5.26 Å². The summed E-state index contributed by atoms with van der Waals surface area (Å²) in [7, 11) is 0. The topological polar surface area (TPSA) is 49.8 Å². The molecule has 2 aliphatic heterocycles.